The van der Waals surface area contributed by atoms with Crippen molar-refractivity contribution < 1.29 is 9.53 Å². The minimum absolute atomic E-state index is 0.0653. The van der Waals surface area contributed by atoms with Gasteiger partial charge in [0.15, 0.2) is 0 Å². The van der Waals surface area contributed by atoms with E-state index in [2.05, 4.69) is 42.1 Å². The first-order chi connectivity index (χ1) is 12.0. The fourth-order valence-corrected chi connectivity index (χ4v) is 3.05. The summed E-state index contributed by atoms with van der Waals surface area (Å²) in [6.45, 7) is 13.0. The lowest BCUT2D eigenvalue weighted by Gasteiger charge is -2.33. The fourth-order valence-electron chi connectivity index (χ4n) is 3.05. The number of hydrogen-bond donors (Lipinski definition) is 1. The minimum atomic E-state index is 0.0653. The monoisotopic (exact) mass is 347 g/mol. The molecule has 0 spiro atoms. The van der Waals surface area contributed by atoms with Crippen LogP contribution in [0.25, 0.3) is 0 Å². The Bertz CT molecular complexity index is 554. The molecule has 1 N–H and O–H groups in total. The number of piperazine rings is 1. The van der Waals surface area contributed by atoms with Crippen LogP contribution in [-0.2, 0) is 4.79 Å². The van der Waals surface area contributed by atoms with Crippen LogP contribution in [0, 0.1) is 19.8 Å². The van der Waals surface area contributed by atoms with Crippen molar-refractivity contribution in [1.29, 1.82) is 0 Å². The molecule has 1 aliphatic rings. The Balaban J connectivity index is 1.61. The van der Waals surface area contributed by atoms with Gasteiger partial charge >= 0.3 is 0 Å². The number of carbonyl (C=O) groups is 1. The van der Waals surface area contributed by atoms with E-state index in [4.69, 9.17) is 4.74 Å². The van der Waals surface area contributed by atoms with Gasteiger partial charge in [-0.3, -0.25) is 4.79 Å². The molecule has 1 atom stereocenters. The van der Waals surface area contributed by atoms with Gasteiger partial charge in [0.25, 0.3) is 0 Å². The number of ether oxygens (including phenoxy) is 1. The third-order valence-corrected chi connectivity index (χ3v) is 4.96. The Kier molecular flexibility index (Phi) is 7.72. The summed E-state index contributed by atoms with van der Waals surface area (Å²) in [5, 5.41) is 3.04. The number of rotatable bonds is 8. The zero-order valence-electron chi connectivity index (χ0n) is 16.2. The van der Waals surface area contributed by atoms with Gasteiger partial charge in [-0.25, -0.2) is 0 Å². The number of nitrogens with zero attached hydrogens (tertiary/aromatic N) is 2. The molecule has 0 aromatic heterocycles. The van der Waals surface area contributed by atoms with E-state index in [1.165, 1.54) is 5.56 Å². The molecule has 0 radical (unpaired) electrons. The molecule has 5 heteroatoms. The van der Waals surface area contributed by atoms with Crippen LogP contribution in [0.4, 0.5) is 0 Å². The summed E-state index contributed by atoms with van der Waals surface area (Å²) in [5.41, 5.74) is 2.35. The molecule has 140 valence electrons. The van der Waals surface area contributed by atoms with Gasteiger partial charge in [-0.15, -0.1) is 0 Å². The molecule has 1 aromatic carbocycles. The molecular weight excluding hydrogens is 314 g/mol. The van der Waals surface area contributed by atoms with Crippen molar-refractivity contribution in [3.8, 4) is 5.75 Å². The highest BCUT2D eigenvalue weighted by Crippen LogP contribution is 2.20. The number of likely N-dealkylation sites (N-methyl/N-ethyl adjacent to an activating group) is 1. The van der Waals surface area contributed by atoms with E-state index in [-0.39, 0.29) is 5.91 Å². The molecule has 1 aromatic rings. The van der Waals surface area contributed by atoms with Gasteiger partial charge in [0.05, 0.1) is 13.0 Å². The second kappa shape index (κ2) is 9.78. The van der Waals surface area contributed by atoms with E-state index in [9.17, 15) is 4.79 Å². The Morgan fingerprint density at radius 2 is 1.96 bits per heavy atom. The number of amides is 1. The Hall–Kier alpha value is -1.59. The first-order valence-corrected chi connectivity index (χ1v) is 9.32. The van der Waals surface area contributed by atoms with E-state index in [0.29, 0.717) is 18.9 Å². The van der Waals surface area contributed by atoms with E-state index < -0.39 is 0 Å². The molecule has 1 aliphatic heterocycles. The highest BCUT2D eigenvalue weighted by Gasteiger charge is 2.16. The van der Waals surface area contributed by atoms with Crippen molar-refractivity contribution in [1.82, 2.24) is 15.1 Å². The topological polar surface area (TPSA) is 44.8 Å². The predicted molar refractivity (Wildman–Crippen MR) is 102 cm³/mol. The van der Waals surface area contributed by atoms with Crippen LogP contribution in [0.3, 0.4) is 0 Å². The zero-order valence-corrected chi connectivity index (χ0v) is 16.2. The normalized spacial score (nSPS) is 17.3. The molecule has 1 fully saturated rings. The SMILES string of the molecule is Cc1cccc(OCCC(=O)NC[C@@H](C)CN2CCN(C)CC2)c1C. The molecule has 2 rings (SSSR count). The number of nitrogens with one attached hydrogen (secondary N) is 1. The van der Waals surface area contributed by atoms with Crippen LogP contribution in [0.1, 0.15) is 24.5 Å². The maximum Gasteiger partial charge on any atom is 0.223 e. The molecule has 1 amide bonds. The van der Waals surface area contributed by atoms with Gasteiger partial charge in [0, 0.05) is 39.3 Å². The van der Waals surface area contributed by atoms with E-state index in [0.717, 1.165) is 50.6 Å². The standard InChI is InChI=1S/C20H33N3O2/c1-16(15-23-11-9-22(4)10-12-23)14-21-20(24)8-13-25-19-7-5-6-17(2)18(19)3/h5-7,16H,8-15H2,1-4H3,(H,21,24)/t16-/m1/s1. The van der Waals surface area contributed by atoms with E-state index in [1.54, 1.807) is 0 Å². The van der Waals surface area contributed by atoms with Crippen molar-refractivity contribution in [3.63, 3.8) is 0 Å². The first kappa shape index (κ1) is 19.7. The molecular formula is C20H33N3O2. The summed E-state index contributed by atoms with van der Waals surface area (Å²) in [5.74, 6) is 1.40. The smallest absolute Gasteiger partial charge is 0.223 e. The quantitative estimate of drug-likeness (QED) is 0.782. The van der Waals surface area contributed by atoms with Crippen LogP contribution >= 0.6 is 0 Å². The number of benzene rings is 1. The Morgan fingerprint density at radius 3 is 2.68 bits per heavy atom. The van der Waals surface area contributed by atoms with Crippen molar-refractivity contribution in [2.24, 2.45) is 5.92 Å². The number of hydrogen-bond acceptors (Lipinski definition) is 4. The van der Waals surface area contributed by atoms with E-state index in [1.807, 2.05) is 19.1 Å². The highest BCUT2D eigenvalue weighted by molar-refractivity contribution is 5.75. The average Bonchev–Trinajstić information content (AvgIpc) is 2.59. The van der Waals surface area contributed by atoms with Gasteiger partial charge in [-0.2, -0.15) is 0 Å². The van der Waals surface area contributed by atoms with Gasteiger partial charge in [0.1, 0.15) is 5.75 Å². The average molecular weight is 348 g/mol. The summed E-state index contributed by atoms with van der Waals surface area (Å²) < 4.78 is 5.75. The van der Waals surface area contributed by atoms with Gasteiger partial charge < -0.3 is 19.9 Å². The van der Waals surface area contributed by atoms with Crippen LogP contribution in [0.15, 0.2) is 18.2 Å². The largest absolute Gasteiger partial charge is 0.493 e. The maximum absolute atomic E-state index is 12.0. The summed E-state index contributed by atoms with van der Waals surface area (Å²) in [6.07, 6.45) is 0.397. The predicted octanol–water partition coefficient (Wildman–Crippen LogP) is 2.07. The molecule has 1 saturated heterocycles. The molecule has 0 bridgehead atoms. The van der Waals surface area contributed by atoms with Gasteiger partial charge in [-0.05, 0) is 44.0 Å². The first-order valence-electron chi connectivity index (χ1n) is 9.32. The molecule has 0 saturated carbocycles. The fraction of sp³-hybridized carbons (Fsp3) is 0.650. The molecule has 1 heterocycles. The number of aryl methyl sites for hydroxylation is 1. The third kappa shape index (κ3) is 6.67. The lowest BCUT2D eigenvalue weighted by molar-refractivity contribution is -0.121. The molecule has 25 heavy (non-hydrogen) atoms. The molecule has 0 aliphatic carbocycles. The van der Waals surface area contributed by atoms with Crippen molar-refractivity contribution >= 4 is 5.91 Å². The van der Waals surface area contributed by atoms with Crippen LogP contribution in [0.5, 0.6) is 5.75 Å². The summed E-state index contributed by atoms with van der Waals surface area (Å²) in [4.78, 5) is 16.9. The van der Waals surface area contributed by atoms with Crippen LogP contribution in [0.2, 0.25) is 0 Å². The van der Waals surface area contributed by atoms with Crippen molar-refractivity contribution in [2.75, 3.05) is 52.9 Å². The van der Waals surface area contributed by atoms with Gasteiger partial charge in [0.2, 0.25) is 5.91 Å². The zero-order chi connectivity index (χ0) is 18.2. The lowest BCUT2D eigenvalue weighted by atomic mass is 10.1. The number of carbonyl (C=O) groups excluding carboxylic acids is 1. The minimum Gasteiger partial charge on any atom is -0.493 e. The second-order valence-corrected chi connectivity index (χ2v) is 7.31. The third-order valence-electron chi connectivity index (χ3n) is 4.96. The Labute approximate surface area is 152 Å². The maximum atomic E-state index is 12.0. The molecule has 0 unspecified atom stereocenters. The summed E-state index contributed by atoms with van der Waals surface area (Å²) >= 11 is 0. The van der Waals surface area contributed by atoms with Crippen molar-refractivity contribution in [3.05, 3.63) is 29.3 Å². The highest BCUT2D eigenvalue weighted by atomic mass is 16.5. The van der Waals surface area contributed by atoms with Crippen LogP contribution in [-0.4, -0.2) is 68.6 Å². The summed E-state index contributed by atoms with van der Waals surface area (Å²) in [6, 6.07) is 6.01. The van der Waals surface area contributed by atoms with Crippen molar-refractivity contribution in [2.45, 2.75) is 27.2 Å². The second-order valence-electron chi connectivity index (χ2n) is 7.31. The van der Waals surface area contributed by atoms with Gasteiger partial charge in [-0.1, -0.05) is 19.1 Å². The Morgan fingerprint density at radius 1 is 1.24 bits per heavy atom. The van der Waals surface area contributed by atoms with E-state index >= 15 is 0 Å². The lowest BCUT2D eigenvalue weighted by Crippen LogP contribution is -2.46. The summed E-state index contributed by atoms with van der Waals surface area (Å²) in [7, 11) is 2.17. The van der Waals surface area contributed by atoms with Crippen LogP contribution < -0.4 is 10.1 Å². The molecule has 5 nitrogen and oxygen atoms in total.